The van der Waals surface area contributed by atoms with Gasteiger partial charge in [-0.1, -0.05) is 24.6 Å². The Bertz CT molecular complexity index is 881. The zero-order valence-corrected chi connectivity index (χ0v) is 16.8. The van der Waals surface area contributed by atoms with Gasteiger partial charge < -0.3 is 20.1 Å². The third kappa shape index (κ3) is 6.32. The molecule has 0 aromatic heterocycles. The molecule has 0 aliphatic carbocycles. The lowest BCUT2D eigenvalue weighted by Crippen LogP contribution is -2.10. The van der Waals surface area contributed by atoms with E-state index in [-0.39, 0.29) is 11.8 Å². The lowest BCUT2D eigenvalue weighted by Gasteiger charge is -2.10. The maximum Gasteiger partial charge on any atom is 0.248 e. The summed E-state index contributed by atoms with van der Waals surface area (Å²) < 4.78 is 11.0. The van der Waals surface area contributed by atoms with E-state index >= 15 is 0 Å². The van der Waals surface area contributed by atoms with Crippen molar-refractivity contribution in [3.05, 3.63) is 53.1 Å². The van der Waals surface area contributed by atoms with Crippen LogP contribution >= 0.6 is 11.6 Å². The Morgan fingerprint density at radius 3 is 2.57 bits per heavy atom. The smallest absolute Gasteiger partial charge is 0.248 e. The van der Waals surface area contributed by atoms with Crippen molar-refractivity contribution < 1.29 is 19.1 Å². The van der Waals surface area contributed by atoms with Crippen molar-refractivity contribution in [1.82, 2.24) is 0 Å². The fraction of sp³-hybridized carbons (Fsp3) is 0.238. The van der Waals surface area contributed by atoms with E-state index in [9.17, 15) is 9.59 Å². The van der Waals surface area contributed by atoms with Gasteiger partial charge in [-0.2, -0.15) is 0 Å². The molecule has 7 heteroatoms. The molecule has 0 fully saturated rings. The van der Waals surface area contributed by atoms with E-state index < -0.39 is 0 Å². The predicted molar refractivity (Wildman–Crippen MR) is 112 cm³/mol. The molecule has 2 amide bonds. The number of methoxy groups -OCH3 is 1. The summed E-state index contributed by atoms with van der Waals surface area (Å²) in [5.74, 6) is 0.696. The van der Waals surface area contributed by atoms with Crippen LogP contribution in [0.2, 0.25) is 5.02 Å². The zero-order valence-electron chi connectivity index (χ0n) is 16.0. The molecule has 0 unspecified atom stereocenters. The van der Waals surface area contributed by atoms with Gasteiger partial charge in [0.05, 0.1) is 24.4 Å². The van der Waals surface area contributed by atoms with Gasteiger partial charge in [-0.05, 0) is 48.4 Å². The molecular weight excluding hydrogens is 380 g/mol. The third-order valence-electron chi connectivity index (χ3n) is 3.62. The molecule has 148 valence electrons. The van der Waals surface area contributed by atoms with Crippen LogP contribution in [-0.4, -0.2) is 25.5 Å². The molecule has 2 aromatic rings. The fourth-order valence-corrected chi connectivity index (χ4v) is 2.53. The second-order valence-corrected chi connectivity index (χ2v) is 6.36. The number of rotatable bonds is 8. The highest BCUT2D eigenvalue weighted by Crippen LogP contribution is 2.29. The summed E-state index contributed by atoms with van der Waals surface area (Å²) >= 11 is 6.11. The van der Waals surface area contributed by atoms with Crippen molar-refractivity contribution in [2.45, 2.75) is 20.3 Å². The molecule has 0 bridgehead atoms. The van der Waals surface area contributed by atoms with Gasteiger partial charge >= 0.3 is 0 Å². The molecule has 0 aliphatic rings. The number of amides is 2. The second-order valence-electron chi connectivity index (χ2n) is 5.96. The summed E-state index contributed by atoms with van der Waals surface area (Å²) in [7, 11) is 1.57. The quantitative estimate of drug-likeness (QED) is 0.625. The number of hydrogen-bond donors (Lipinski definition) is 2. The Hall–Kier alpha value is -2.99. The van der Waals surface area contributed by atoms with Gasteiger partial charge in [0, 0.05) is 18.7 Å². The number of anilines is 2. The summed E-state index contributed by atoms with van der Waals surface area (Å²) in [6.45, 7) is 4.04. The van der Waals surface area contributed by atoms with E-state index in [1.165, 1.54) is 13.0 Å². The Balaban J connectivity index is 2.08. The van der Waals surface area contributed by atoms with Crippen LogP contribution in [0.5, 0.6) is 11.5 Å². The number of carbonyl (C=O) groups excluding carboxylic acids is 2. The molecule has 0 saturated carbocycles. The van der Waals surface area contributed by atoms with Crippen molar-refractivity contribution in [2.24, 2.45) is 0 Å². The molecular formula is C21H23ClN2O4. The maximum atomic E-state index is 12.2. The van der Waals surface area contributed by atoms with E-state index in [0.29, 0.717) is 34.5 Å². The minimum atomic E-state index is -0.354. The van der Waals surface area contributed by atoms with Gasteiger partial charge in [0.1, 0.15) is 0 Å². The molecule has 6 nitrogen and oxygen atoms in total. The molecule has 2 rings (SSSR count). The highest BCUT2D eigenvalue weighted by Gasteiger charge is 2.07. The first kappa shape index (κ1) is 21.3. The zero-order chi connectivity index (χ0) is 20.5. The standard InChI is InChI=1S/C21H23ClN2O4/c1-4-11-28-19-9-5-15(12-20(19)27-3)6-10-21(26)24-18-13-16(23-14(2)25)7-8-17(18)22/h5-10,12-13H,4,11H2,1-3H3,(H,23,25)(H,24,26)/b10-6+. The Labute approximate surface area is 169 Å². The molecule has 2 aromatic carbocycles. The number of hydrogen-bond acceptors (Lipinski definition) is 4. The summed E-state index contributed by atoms with van der Waals surface area (Å²) in [6, 6.07) is 10.3. The summed E-state index contributed by atoms with van der Waals surface area (Å²) in [6.07, 6.45) is 3.95. The number of nitrogens with one attached hydrogen (secondary N) is 2. The number of ether oxygens (including phenoxy) is 2. The van der Waals surface area contributed by atoms with Crippen molar-refractivity contribution >= 4 is 40.9 Å². The summed E-state index contributed by atoms with van der Waals surface area (Å²) in [5, 5.41) is 5.71. The first-order chi connectivity index (χ1) is 13.4. The van der Waals surface area contributed by atoms with E-state index in [4.69, 9.17) is 21.1 Å². The molecule has 0 aliphatic heterocycles. The molecule has 0 radical (unpaired) electrons. The molecule has 28 heavy (non-hydrogen) atoms. The minimum absolute atomic E-state index is 0.209. The van der Waals surface area contributed by atoms with Gasteiger partial charge in [-0.15, -0.1) is 0 Å². The SMILES string of the molecule is CCCOc1ccc(/C=C/C(=O)Nc2cc(NC(C)=O)ccc2Cl)cc1OC. The van der Waals surface area contributed by atoms with Gasteiger partial charge in [-0.3, -0.25) is 9.59 Å². The minimum Gasteiger partial charge on any atom is -0.493 e. The van der Waals surface area contributed by atoms with Gasteiger partial charge in [-0.25, -0.2) is 0 Å². The number of halogens is 1. The highest BCUT2D eigenvalue weighted by atomic mass is 35.5. The first-order valence-electron chi connectivity index (χ1n) is 8.80. The van der Waals surface area contributed by atoms with E-state index in [0.717, 1.165) is 12.0 Å². The largest absolute Gasteiger partial charge is 0.493 e. The molecule has 0 atom stereocenters. The van der Waals surface area contributed by atoms with Crippen LogP contribution in [0.4, 0.5) is 11.4 Å². The lowest BCUT2D eigenvalue weighted by molar-refractivity contribution is -0.114. The maximum absolute atomic E-state index is 12.2. The van der Waals surface area contributed by atoms with Crippen LogP contribution in [0.15, 0.2) is 42.5 Å². The van der Waals surface area contributed by atoms with Crippen LogP contribution in [0, 0.1) is 0 Å². The Kier molecular flexibility index (Phi) is 7.89. The van der Waals surface area contributed by atoms with Crippen molar-refractivity contribution in [3.8, 4) is 11.5 Å². The average Bonchev–Trinajstić information content (AvgIpc) is 2.67. The van der Waals surface area contributed by atoms with Crippen LogP contribution in [0.3, 0.4) is 0 Å². The molecule has 2 N–H and O–H groups in total. The predicted octanol–water partition coefficient (Wildman–Crippen LogP) is 4.75. The summed E-state index contributed by atoms with van der Waals surface area (Å²) in [5.41, 5.74) is 1.74. The topological polar surface area (TPSA) is 76.7 Å². The van der Waals surface area contributed by atoms with Crippen molar-refractivity contribution in [2.75, 3.05) is 24.4 Å². The van der Waals surface area contributed by atoms with Gasteiger partial charge in [0.2, 0.25) is 11.8 Å². The lowest BCUT2D eigenvalue weighted by atomic mass is 10.2. The average molecular weight is 403 g/mol. The third-order valence-corrected chi connectivity index (χ3v) is 3.95. The van der Waals surface area contributed by atoms with Crippen molar-refractivity contribution in [3.63, 3.8) is 0 Å². The first-order valence-corrected chi connectivity index (χ1v) is 9.17. The van der Waals surface area contributed by atoms with Crippen LogP contribution in [0.1, 0.15) is 25.8 Å². The van der Waals surface area contributed by atoms with Crippen molar-refractivity contribution in [1.29, 1.82) is 0 Å². The van der Waals surface area contributed by atoms with Crippen LogP contribution in [0.25, 0.3) is 6.08 Å². The fourth-order valence-electron chi connectivity index (χ4n) is 2.37. The second kappa shape index (κ2) is 10.4. The van der Waals surface area contributed by atoms with Crippen LogP contribution < -0.4 is 20.1 Å². The monoisotopic (exact) mass is 402 g/mol. The van der Waals surface area contributed by atoms with Gasteiger partial charge in [0.25, 0.3) is 0 Å². The van der Waals surface area contributed by atoms with E-state index in [1.807, 2.05) is 13.0 Å². The Morgan fingerprint density at radius 2 is 1.89 bits per heavy atom. The normalized spacial score (nSPS) is 10.6. The highest BCUT2D eigenvalue weighted by molar-refractivity contribution is 6.34. The molecule has 0 spiro atoms. The number of benzene rings is 2. The van der Waals surface area contributed by atoms with E-state index in [2.05, 4.69) is 10.6 Å². The molecule has 0 heterocycles. The van der Waals surface area contributed by atoms with Crippen LogP contribution in [-0.2, 0) is 9.59 Å². The van der Waals surface area contributed by atoms with Gasteiger partial charge in [0.15, 0.2) is 11.5 Å². The number of carbonyl (C=O) groups is 2. The van der Waals surface area contributed by atoms with E-state index in [1.54, 1.807) is 43.5 Å². The summed E-state index contributed by atoms with van der Waals surface area (Å²) in [4.78, 5) is 23.4. The molecule has 0 saturated heterocycles. The Morgan fingerprint density at radius 1 is 1.11 bits per heavy atom.